The van der Waals surface area contributed by atoms with E-state index in [1.807, 2.05) is 13.8 Å². The Bertz CT molecular complexity index is 1340. The number of rotatable bonds is 4. The highest BCUT2D eigenvalue weighted by Crippen LogP contribution is 2.29. The van der Waals surface area contributed by atoms with Gasteiger partial charge in [0, 0.05) is 29.6 Å². The predicted octanol–water partition coefficient (Wildman–Crippen LogP) is 6.06. The average molecular weight is 471 g/mol. The molecule has 172 valence electrons. The molecule has 4 aromatic rings. The number of anilines is 1. The van der Waals surface area contributed by atoms with E-state index in [0.717, 1.165) is 0 Å². The lowest BCUT2D eigenvalue weighted by molar-refractivity contribution is 0.422. The quantitative estimate of drug-likeness (QED) is 0.215. The molecule has 0 spiro atoms. The van der Waals surface area contributed by atoms with E-state index in [9.17, 15) is 13.6 Å². The van der Waals surface area contributed by atoms with E-state index in [-0.39, 0.29) is 29.3 Å². The van der Waals surface area contributed by atoms with Crippen molar-refractivity contribution in [2.45, 2.75) is 32.4 Å². The highest BCUT2D eigenvalue weighted by molar-refractivity contribution is 7.80. The maximum absolute atomic E-state index is 14.2. The second-order valence-corrected chi connectivity index (χ2v) is 8.67. The molecule has 4 rings (SSSR count). The molecular formula is C25H24F2N2O3S. The third-order valence-electron chi connectivity index (χ3n) is 4.67. The molecule has 2 aromatic heterocycles. The van der Waals surface area contributed by atoms with Gasteiger partial charge >= 0.3 is 5.63 Å². The molecule has 2 heterocycles. The molecule has 0 bridgehead atoms. The molecular weight excluding hydrogens is 446 g/mol. The minimum atomic E-state index is -0.607. The summed E-state index contributed by atoms with van der Waals surface area (Å²) in [5.41, 5.74) is 6.63. The number of nitrogens with zero attached hydrogens (tertiary/aromatic N) is 1. The summed E-state index contributed by atoms with van der Waals surface area (Å²) >= 11 is 3.97. The number of nitrogens with two attached hydrogens (primary N) is 1. The number of benzene rings is 2. The van der Waals surface area contributed by atoms with Gasteiger partial charge in [-0.15, -0.1) is 0 Å². The molecule has 0 fully saturated rings. The first-order valence-corrected chi connectivity index (χ1v) is 10.7. The summed E-state index contributed by atoms with van der Waals surface area (Å²) in [6.45, 7) is 5.82. The lowest BCUT2D eigenvalue weighted by Gasteiger charge is -2.11. The van der Waals surface area contributed by atoms with E-state index >= 15 is 0 Å². The monoisotopic (exact) mass is 470 g/mol. The molecule has 0 aliphatic rings. The number of halogens is 2. The topological polar surface area (TPSA) is 78.4 Å². The summed E-state index contributed by atoms with van der Waals surface area (Å²) in [5.74, 6) is -1.07. The normalized spacial score (nSPS) is 10.8. The second kappa shape index (κ2) is 10.5. The minimum Gasteiger partial charge on any atom is -0.436 e. The van der Waals surface area contributed by atoms with Crippen LogP contribution in [0.2, 0.25) is 0 Å². The number of thiol groups is 1. The van der Waals surface area contributed by atoms with Crippen molar-refractivity contribution in [1.82, 2.24) is 4.98 Å². The molecule has 0 saturated carbocycles. The predicted molar refractivity (Wildman–Crippen MR) is 129 cm³/mol. The fraction of sp³-hybridized carbons (Fsp3) is 0.200. The van der Waals surface area contributed by atoms with Crippen molar-refractivity contribution in [3.05, 3.63) is 93.5 Å². The van der Waals surface area contributed by atoms with Crippen LogP contribution in [0.25, 0.3) is 11.0 Å². The van der Waals surface area contributed by atoms with Gasteiger partial charge in [-0.25, -0.2) is 18.6 Å². The maximum atomic E-state index is 14.2. The van der Waals surface area contributed by atoms with Gasteiger partial charge in [0.05, 0.1) is 5.69 Å². The van der Waals surface area contributed by atoms with Gasteiger partial charge in [0.25, 0.3) is 5.88 Å². The third-order valence-corrected chi connectivity index (χ3v) is 4.67. The number of hydrogen-bond donors (Lipinski definition) is 2. The number of hydrogen-bond acceptors (Lipinski definition) is 6. The van der Waals surface area contributed by atoms with Crippen LogP contribution in [0.4, 0.5) is 14.5 Å². The molecule has 8 heteroatoms. The maximum Gasteiger partial charge on any atom is 0.340 e. The standard InChI is InChI=1S/C22H16F2N2O3.C3H8S/c1-12-15-8-7-14(28-21-17(23)5-3-9-26-21)11-19(15)29-22(27)16(12)10-13-4-2-6-18(25)20(13)24;1-3(2)4/h2-9,11H,10,25H2,1H3;3-4H,1-2H3. The molecule has 0 radical (unpaired) electrons. The van der Waals surface area contributed by atoms with Crippen molar-refractivity contribution < 1.29 is 17.9 Å². The Hall–Kier alpha value is -3.39. The largest absolute Gasteiger partial charge is 0.436 e. The van der Waals surface area contributed by atoms with Crippen molar-refractivity contribution in [2.75, 3.05) is 5.73 Å². The van der Waals surface area contributed by atoms with Crippen LogP contribution < -0.4 is 16.1 Å². The van der Waals surface area contributed by atoms with E-state index in [2.05, 4.69) is 17.6 Å². The van der Waals surface area contributed by atoms with Gasteiger partial charge < -0.3 is 14.9 Å². The van der Waals surface area contributed by atoms with Gasteiger partial charge in [-0.1, -0.05) is 26.0 Å². The molecule has 0 aliphatic heterocycles. The summed E-state index contributed by atoms with van der Waals surface area (Å²) in [7, 11) is 0. The molecule has 0 unspecified atom stereocenters. The summed E-state index contributed by atoms with van der Waals surface area (Å²) in [5, 5.41) is 1.19. The zero-order chi connectivity index (χ0) is 24.1. The van der Waals surface area contributed by atoms with Crippen LogP contribution in [0.15, 0.2) is 63.9 Å². The van der Waals surface area contributed by atoms with Crippen molar-refractivity contribution in [2.24, 2.45) is 0 Å². The van der Waals surface area contributed by atoms with Crippen molar-refractivity contribution in [3.8, 4) is 11.6 Å². The van der Waals surface area contributed by atoms with Crippen LogP contribution in [0, 0.1) is 18.6 Å². The van der Waals surface area contributed by atoms with Crippen LogP contribution >= 0.6 is 12.6 Å². The molecule has 0 saturated heterocycles. The van der Waals surface area contributed by atoms with Crippen LogP contribution in [0.1, 0.15) is 30.5 Å². The number of aromatic nitrogens is 1. The number of nitrogen functional groups attached to an aromatic ring is 1. The molecule has 0 atom stereocenters. The summed E-state index contributed by atoms with van der Waals surface area (Å²) in [6.07, 6.45) is 1.46. The zero-order valence-electron chi connectivity index (χ0n) is 18.4. The zero-order valence-corrected chi connectivity index (χ0v) is 19.3. The first-order valence-electron chi connectivity index (χ1n) is 10.2. The Balaban J connectivity index is 0.000000709. The molecule has 0 amide bonds. The molecule has 33 heavy (non-hydrogen) atoms. The number of ether oxygens (including phenoxy) is 1. The average Bonchev–Trinajstić information content (AvgIpc) is 2.75. The van der Waals surface area contributed by atoms with Crippen LogP contribution in [-0.2, 0) is 6.42 Å². The van der Waals surface area contributed by atoms with E-state index in [1.54, 1.807) is 31.2 Å². The first-order chi connectivity index (χ1) is 15.7. The Labute approximate surface area is 195 Å². The molecule has 2 N–H and O–H groups in total. The third kappa shape index (κ3) is 5.90. The van der Waals surface area contributed by atoms with E-state index < -0.39 is 17.3 Å². The smallest absolute Gasteiger partial charge is 0.340 e. The first kappa shape index (κ1) is 24.3. The van der Waals surface area contributed by atoms with Gasteiger partial charge in [-0.3, -0.25) is 0 Å². The van der Waals surface area contributed by atoms with Gasteiger partial charge in [0.2, 0.25) is 0 Å². The van der Waals surface area contributed by atoms with Crippen molar-refractivity contribution >= 4 is 29.3 Å². The molecule has 5 nitrogen and oxygen atoms in total. The Kier molecular flexibility index (Phi) is 7.71. The van der Waals surface area contributed by atoms with Gasteiger partial charge in [0.15, 0.2) is 5.82 Å². The fourth-order valence-electron chi connectivity index (χ4n) is 3.13. The van der Waals surface area contributed by atoms with Crippen LogP contribution in [0.3, 0.4) is 0 Å². The van der Waals surface area contributed by atoms with E-state index in [0.29, 0.717) is 27.3 Å². The second-order valence-electron chi connectivity index (χ2n) is 7.63. The number of aryl methyl sites for hydroxylation is 1. The van der Waals surface area contributed by atoms with Gasteiger partial charge in [0.1, 0.15) is 17.1 Å². The molecule has 2 aromatic carbocycles. The van der Waals surface area contributed by atoms with Crippen molar-refractivity contribution in [1.29, 1.82) is 0 Å². The Morgan fingerprint density at radius 2 is 1.88 bits per heavy atom. The highest BCUT2D eigenvalue weighted by Gasteiger charge is 2.16. The highest BCUT2D eigenvalue weighted by atomic mass is 32.1. The van der Waals surface area contributed by atoms with Crippen molar-refractivity contribution in [3.63, 3.8) is 0 Å². The summed E-state index contributed by atoms with van der Waals surface area (Å²) in [4.78, 5) is 16.4. The number of fused-ring (bicyclic) bond motifs is 1. The van der Waals surface area contributed by atoms with Crippen LogP contribution in [-0.4, -0.2) is 10.2 Å². The lowest BCUT2D eigenvalue weighted by atomic mass is 9.99. The lowest BCUT2D eigenvalue weighted by Crippen LogP contribution is -2.12. The van der Waals surface area contributed by atoms with Gasteiger partial charge in [-0.05, 0) is 53.6 Å². The van der Waals surface area contributed by atoms with Gasteiger partial charge in [-0.2, -0.15) is 12.6 Å². The van der Waals surface area contributed by atoms with E-state index in [4.69, 9.17) is 14.9 Å². The fourth-order valence-corrected chi connectivity index (χ4v) is 3.13. The Morgan fingerprint density at radius 3 is 2.58 bits per heavy atom. The molecule has 0 aliphatic carbocycles. The number of pyridine rings is 1. The SMILES string of the molecule is CC(C)S.Cc1c(Cc2cccc(N)c2F)c(=O)oc2cc(Oc3ncccc3F)ccc12. The summed E-state index contributed by atoms with van der Waals surface area (Å²) < 4.78 is 38.8. The van der Waals surface area contributed by atoms with E-state index in [1.165, 1.54) is 30.5 Å². The Morgan fingerprint density at radius 1 is 1.15 bits per heavy atom. The minimum absolute atomic E-state index is 0.0221. The summed E-state index contributed by atoms with van der Waals surface area (Å²) in [6, 6.07) is 12.2. The van der Waals surface area contributed by atoms with Crippen LogP contribution in [0.5, 0.6) is 11.6 Å².